The summed E-state index contributed by atoms with van der Waals surface area (Å²) in [6, 6.07) is 18.4. The first-order valence-electron chi connectivity index (χ1n) is 21.5. The molecule has 0 radical (unpaired) electrons. The van der Waals surface area contributed by atoms with Gasteiger partial charge in [0.05, 0.1) is 29.7 Å². The Kier molecular flexibility index (Phi) is 15.0. The quantitative estimate of drug-likeness (QED) is 0.0285. The minimum atomic E-state index is -0.902. The highest BCUT2D eigenvalue weighted by Gasteiger charge is 2.45. The molecule has 1 fully saturated rings. The van der Waals surface area contributed by atoms with Gasteiger partial charge in [-0.1, -0.05) is 67.8 Å². The summed E-state index contributed by atoms with van der Waals surface area (Å²) >= 11 is 0. The third-order valence-electron chi connectivity index (χ3n) is 10.9. The van der Waals surface area contributed by atoms with E-state index >= 15 is 0 Å². The maximum atomic E-state index is 13.5. The minimum Gasteiger partial charge on any atom is -0.489 e. The van der Waals surface area contributed by atoms with E-state index < -0.39 is 40.7 Å². The molecule has 338 valence electrons. The molecule has 6 rings (SSSR count). The number of hydrogen-bond acceptors (Lipinski definition) is 12. The molecule has 3 aliphatic rings. The highest BCUT2D eigenvalue weighted by molar-refractivity contribution is 5.97. The lowest BCUT2D eigenvalue weighted by Gasteiger charge is -2.34. The lowest BCUT2D eigenvalue weighted by molar-refractivity contribution is -0.154. The van der Waals surface area contributed by atoms with Crippen molar-refractivity contribution in [1.82, 2.24) is 0 Å². The standard InChI is InChI=1S/C53H56N2O10/c1-9-46(56)64-52(5,6)33-51(3,4)63-40-26-22-36(23-27-40)49(58)60-30-29-35-19-28-45(62-50(59)37-20-24-39(25-21-37)61-34-53(7,8)65-47(57)10-2)38(31-35)32-54-55-48-43-17-13-11-15-41(43)42-16-12-14-18-44(42)48/h9-28,31-32,41-44H,1-2,29-30,33-34H2,3-8H3/b54-32+,55-48?. The van der Waals surface area contributed by atoms with Crippen molar-refractivity contribution >= 4 is 35.8 Å². The monoisotopic (exact) mass is 880 g/mol. The van der Waals surface area contributed by atoms with E-state index in [0.29, 0.717) is 47.3 Å². The normalized spacial score (nSPS) is 18.6. The molecule has 4 unspecified atom stereocenters. The number of ether oxygens (including phenoxy) is 6. The molecule has 0 aromatic heterocycles. The second-order valence-electron chi connectivity index (χ2n) is 17.8. The average molecular weight is 881 g/mol. The maximum absolute atomic E-state index is 13.5. The highest BCUT2D eigenvalue weighted by Crippen LogP contribution is 2.45. The first-order valence-corrected chi connectivity index (χ1v) is 21.5. The zero-order valence-corrected chi connectivity index (χ0v) is 37.7. The average Bonchev–Trinajstić information content (AvgIpc) is 3.59. The van der Waals surface area contributed by atoms with Crippen LogP contribution in [0.15, 0.2) is 151 Å². The number of esters is 4. The molecule has 0 N–H and O–H groups in total. The number of benzene rings is 3. The largest absolute Gasteiger partial charge is 0.489 e. The van der Waals surface area contributed by atoms with Crippen LogP contribution in [0.1, 0.15) is 79.8 Å². The Bertz CT molecular complexity index is 2420. The van der Waals surface area contributed by atoms with E-state index in [4.69, 9.17) is 33.5 Å². The molecule has 65 heavy (non-hydrogen) atoms. The van der Waals surface area contributed by atoms with Crippen molar-refractivity contribution in [2.45, 2.75) is 71.2 Å². The van der Waals surface area contributed by atoms with Gasteiger partial charge in [-0.15, -0.1) is 0 Å². The summed E-state index contributed by atoms with van der Waals surface area (Å²) in [6.07, 6.45) is 21.6. The number of rotatable bonds is 19. The van der Waals surface area contributed by atoms with E-state index in [1.165, 1.54) is 0 Å². The molecule has 0 heterocycles. The van der Waals surface area contributed by atoms with Crippen molar-refractivity contribution in [3.63, 3.8) is 0 Å². The number of carbonyl (C=O) groups excluding carboxylic acids is 4. The molecule has 1 saturated carbocycles. The fourth-order valence-corrected chi connectivity index (χ4v) is 8.22. The number of hydrogen-bond donors (Lipinski definition) is 0. The number of nitrogens with zero attached hydrogens (tertiary/aromatic N) is 2. The van der Waals surface area contributed by atoms with Crippen molar-refractivity contribution in [2.75, 3.05) is 13.2 Å². The van der Waals surface area contributed by atoms with Crippen molar-refractivity contribution in [2.24, 2.45) is 33.9 Å². The summed E-state index contributed by atoms with van der Waals surface area (Å²) in [5.74, 6) is -0.0756. The van der Waals surface area contributed by atoms with E-state index in [1.54, 1.807) is 94.6 Å². The first kappa shape index (κ1) is 47.4. The van der Waals surface area contributed by atoms with Crippen molar-refractivity contribution in [1.29, 1.82) is 0 Å². The molecule has 0 spiro atoms. The maximum Gasteiger partial charge on any atom is 0.343 e. The Morgan fingerprint density at radius 3 is 1.82 bits per heavy atom. The second kappa shape index (κ2) is 20.6. The summed E-state index contributed by atoms with van der Waals surface area (Å²) in [5, 5.41) is 9.32. The Balaban J connectivity index is 1.13. The van der Waals surface area contributed by atoms with Crippen LogP contribution in [0.5, 0.6) is 17.2 Å². The predicted molar refractivity (Wildman–Crippen MR) is 249 cm³/mol. The lowest BCUT2D eigenvalue weighted by atomic mass is 9.83. The summed E-state index contributed by atoms with van der Waals surface area (Å²) in [4.78, 5) is 50.0. The molecule has 0 bridgehead atoms. The van der Waals surface area contributed by atoms with Crippen LogP contribution < -0.4 is 14.2 Å². The molecule has 3 aromatic carbocycles. The van der Waals surface area contributed by atoms with Crippen LogP contribution in [0, 0.1) is 23.7 Å². The van der Waals surface area contributed by atoms with Gasteiger partial charge in [0, 0.05) is 42.4 Å². The van der Waals surface area contributed by atoms with Crippen LogP contribution in [0.4, 0.5) is 0 Å². The summed E-state index contributed by atoms with van der Waals surface area (Å²) in [5.41, 5.74) is 0.523. The summed E-state index contributed by atoms with van der Waals surface area (Å²) in [6.45, 7) is 17.9. The number of carbonyl (C=O) groups is 4. The SMILES string of the molecule is C=CC(=O)OC(C)(C)COc1ccc(C(=O)Oc2ccc(CCOC(=O)c3ccc(OC(C)(C)CC(C)(C)OC(=O)C=C)cc3)cc2/C=N/N=C2C3C=CC=CC3C3C=CC=CC23)cc1. The lowest BCUT2D eigenvalue weighted by Crippen LogP contribution is -2.40. The highest BCUT2D eigenvalue weighted by atomic mass is 16.6. The van der Waals surface area contributed by atoms with Gasteiger partial charge in [0.15, 0.2) is 0 Å². The van der Waals surface area contributed by atoms with Crippen molar-refractivity contribution < 1.29 is 47.6 Å². The summed E-state index contributed by atoms with van der Waals surface area (Å²) < 4.78 is 34.4. The molecule has 0 amide bonds. The van der Waals surface area contributed by atoms with Crippen LogP contribution in [0.3, 0.4) is 0 Å². The second-order valence-corrected chi connectivity index (χ2v) is 17.8. The van der Waals surface area contributed by atoms with Gasteiger partial charge in [-0.3, -0.25) is 0 Å². The Hall–Kier alpha value is -7.08. The van der Waals surface area contributed by atoms with Gasteiger partial charge in [0.1, 0.15) is 40.7 Å². The first-order chi connectivity index (χ1) is 30.9. The zero-order valence-electron chi connectivity index (χ0n) is 37.7. The van der Waals surface area contributed by atoms with Gasteiger partial charge in [0.2, 0.25) is 0 Å². The van der Waals surface area contributed by atoms with Gasteiger partial charge < -0.3 is 28.4 Å². The molecule has 0 aliphatic heterocycles. The van der Waals surface area contributed by atoms with E-state index in [-0.39, 0.29) is 36.4 Å². The molecular formula is C53H56N2O10. The molecule has 12 heteroatoms. The van der Waals surface area contributed by atoms with Crippen LogP contribution in [0.2, 0.25) is 0 Å². The van der Waals surface area contributed by atoms with Gasteiger partial charge >= 0.3 is 23.9 Å². The van der Waals surface area contributed by atoms with Gasteiger partial charge in [0.25, 0.3) is 0 Å². The molecule has 4 atom stereocenters. The van der Waals surface area contributed by atoms with Crippen molar-refractivity contribution in [3.05, 3.63) is 163 Å². The Morgan fingerprint density at radius 2 is 1.22 bits per heavy atom. The molecule has 3 aromatic rings. The zero-order chi connectivity index (χ0) is 46.8. The number of fused-ring (bicyclic) bond motifs is 3. The van der Waals surface area contributed by atoms with E-state index in [2.05, 4.69) is 54.7 Å². The van der Waals surface area contributed by atoms with Crippen LogP contribution >= 0.6 is 0 Å². The molecular weight excluding hydrogens is 825 g/mol. The van der Waals surface area contributed by atoms with Crippen LogP contribution in [-0.4, -0.2) is 65.8 Å². The molecule has 12 nitrogen and oxygen atoms in total. The fourth-order valence-electron chi connectivity index (χ4n) is 8.22. The Morgan fingerprint density at radius 1 is 0.662 bits per heavy atom. The van der Waals surface area contributed by atoms with Crippen molar-refractivity contribution in [3.8, 4) is 17.2 Å². The van der Waals surface area contributed by atoms with Crippen LogP contribution in [-0.2, 0) is 30.2 Å². The minimum absolute atomic E-state index is 0.0782. The van der Waals surface area contributed by atoms with E-state index in [0.717, 1.165) is 23.4 Å². The van der Waals surface area contributed by atoms with Gasteiger partial charge in [-0.05, 0) is 120 Å². The fraction of sp³-hybridized carbons (Fsp3) is 0.321. The van der Waals surface area contributed by atoms with Crippen LogP contribution in [0.25, 0.3) is 0 Å². The topological polar surface area (TPSA) is 148 Å². The molecule has 3 aliphatic carbocycles. The third-order valence-corrected chi connectivity index (χ3v) is 10.9. The van der Waals surface area contributed by atoms with Gasteiger partial charge in [-0.25, -0.2) is 19.2 Å². The predicted octanol–water partition coefficient (Wildman–Crippen LogP) is 9.75. The Labute approximate surface area is 380 Å². The number of allylic oxidation sites excluding steroid dienone is 8. The van der Waals surface area contributed by atoms with E-state index in [1.807, 2.05) is 32.1 Å². The molecule has 0 saturated heterocycles. The smallest absolute Gasteiger partial charge is 0.343 e. The summed E-state index contributed by atoms with van der Waals surface area (Å²) in [7, 11) is 0. The van der Waals surface area contributed by atoms with E-state index in [9.17, 15) is 19.2 Å². The third kappa shape index (κ3) is 13.0. The van der Waals surface area contributed by atoms with Gasteiger partial charge in [-0.2, -0.15) is 10.2 Å².